The van der Waals surface area contributed by atoms with E-state index >= 15 is 0 Å². The quantitative estimate of drug-likeness (QED) is 0.835. The van der Waals surface area contributed by atoms with Crippen LogP contribution in [0, 0.1) is 6.92 Å². The zero-order chi connectivity index (χ0) is 13.9. The van der Waals surface area contributed by atoms with E-state index in [1.54, 1.807) is 12.4 Å². The van der Waals surface area contributed by atoms with Gasteiger partial charge in [-0.1, -0.05) is 12.1 Å². The predicted molar refractivity (Wildman–Crippen MR) is 76.0 cm³/mol. The number of aryl methyl sites for hydroxylation is 1. The molecule has 0 saturated carbocycles. The van der Waals surface area contributed by atoms with Crippen LogP contribution in [0.5, 0.6) is 0 Å². The van der Waals surface area contributed by atoms with Crippen molar-refractivity contribution < 1.29 is 4.79 Å². The molecule has 2 aromatic rings. The topological polar surface area (TPSA) is 46.1 Å². The minimum atomic E-state index is 0.157. The number of amides is 1. The van der Waals surface area contributed by atoms with Crippen LogP contribution in [0.4, 0.5) is 0 Å². The molecule has 0 fully saturated rings. The zero-order valence-electron chi connectivity index (χ0n) is 11.5. The number of carbonyl (C=O) groups is 1. The van der Waals surface area contributed by atoms with Crippen molar-refractivity contribution in [2.75, 3.05) is 6.54 Å². The van der Waals surface area contributed by atoms with Crippen LogP contribution in [-0.2, 0) is 24.2 Å². The van der Waals surface area contributed by atoms with Crippen LogP contribution in [0.3, 0.4) is 0 Å². The first-order chi connectivity index (χ1) is 9.72. The molecule has 0 atom stereocenters. The van der Waals surface area contributed by atoms with Gasteiger partial charge in [-0.15, -0.1) is 0 Å². The Bertz CT molecular complexity index is 625. The van der Waals surface area contributed by atoms with Gasteiger partial charge in [0.25, 0.3) is 0 Å². The Balaban J connectivity index is 1.70. The Morgan fingerprint density at radius 3 is 3.05 bits per heavy atom. The third kappa shape index (κ3) is 2.69. The fourth-order valence-corrected chi connectivity index (χ4v) is 2.53. The molecule has 0 aliphatic carbocycles. The molecule has 4 heteroatoms. The number of fused-ring (bicyclic) bond motifs is 1. The van der Waals surface area contributed by atoms with Crippen LogP contribution in [-0.4, -0.2) is 27.3 Å². The van der Waals surface area contributed by atoms with E-state index in [-0.39, 0.29) is 5.91 Å². The van der Waals surface area contributed by atoms with E-state index in [4.69, 9.17) is 0 Å². The van der Waals surface area contributed by atoms with Crippen molar-refractivity contribution in [2.24, 2.45) is 0 Å². The molecule has 0 unspecified atom stereocenters. The number of pyridine rings is 2. The van der Waals surface area contributed by atoms with E-state index in [2.05, 4.69) is 16.0 Å². The van der Waals surface area contributed by atoms with E-state index in [1.807, 2.05) is 30.0 Å². The SMILES string of the molecule is Cc1ccc2c(n1)CCN(C(=O)Cc1cccnc1)C2. The minimum Gasteiger partial charge on any atom is -0.338 e. The number of carbonyl (C=O) groups excluding carboxylic acids is 1. The molecule has 0 bridgehead atoms. The van der Waals surface area contributed by atoms with Crippen molar-refractivity contribution in [3.05, 3.63) is 59.2 Å². The van der Waals surface area contributed by atoms with Gasteiger partial charge in [-0.05, 0) is 30.2 Å². The van der Waals surface area contributed by atoms with Crippen molar-refractivity contribution >= 4 is 5.91 Å². The molecule has 20 heavy (non-hydrogen) atoms. The maximum Gasteiger partial charge on any atom is 0.227 e. The highest BCUT2D eigenvalue weighted by molar-refractivity contribution is 5.79. The van der Waals surface area contributed by atoms with Gasteiger partial charge in [-0.25, -0.2) is 0 Å². The first-order valence-corrected chi connectivity index (χ1v) is 6.84. The van der Waals surface area contributed by atoms with Gasteiger partial charge in [0, 0.05) is 43.3 Å². The number of nitrogens with zero attached hydrogens (tertiary/aromatic N) is 3. The van der Waals surface area contributed by atoms with E-state index < -0.39 is 0 Å². The summed E-state index contributed by atoms with van der Waals surface area (Å²) >= 11 is 0. The minimum absolute atomic E-state index is 0.157. The molecule has 0 saturated heterocycles. The maximum atomic E-state index is 12.3. The smallest absolute Gasteiger partial charge is 0.227 e. The van der Waals surface area contributed by atoms with E-state index in [9.17, 15) is 4.79 Å². The number of aromatic nitrogens is 2. The first-order valence-electron chi connectivity index (χ1n) is 6.84. The summed E-state index contributed by atoms with van der Waals surface area (Å²) in [6.07, 6.45) is 4.73. The predicted octanol–water partition coefficient (Wildman–Crippen LogP) is 1.91. The summed E-state index contributed by atoms with van der Waals surface area (Å²) in [5, 5.41) is 0. The average Bonchev–Trinajstić information content (AvgIpc) is 2.47. The molecule has 1 aliphatic heterocycles. The lowest BCUT2D eigenvalue weighted by atomic mass is 10.0. The Labute approximate surface area is 118 Å². The molecule has 1 amide bonds. The molecule has 1 aliphatic rings. The summed E-state index contributed by atoms with van der Waals surface area (Å²) in [6, 6.07) is 7.89. The van der Waals surface area contributed by atoms with Gasteiger partial charge >= 0.3 is 0 Å². The standard InChI is InChI=1S/C16H17N3O/c1-12-4-5-14-11-19(8-6-15(14)18-12)16(20)9-13-3-2-7-17-10-13/h2-5,7,10H,6,8-9,11H2,1H3. The summed E-state index contributed by atoms with van der Waals surface area (Å²) < 4.78 is 0. The number of hydrogen-bond acceptors (Lipinski definition) is 3. The van der Waals surface area contributed by atoms with Gasteiger partial charge in [0.05, 0.1) is 6.42 Å². The second-order valence-electron chi connectivity index (χ2n) is 5.16. The van der Waals surface area contributed by atoms with Crippen molar-refractivity contribution in [1.29, 1.82) is 0 Å². The Morgan fingerprint density at radius 2 is 2.25 bits per heavy atom. The lowest BCUT2D eigenvalue weighted by Crippen LogP contribution is -2.37. The molecule has 3 rings (SSSR count). The van der Waals surface area contributed by atoms with E-state index in [0.29, 0.717) is 13.0 Å². The van der Waals surface area contributed by atoms with Crippen molar-refractivity contribution in [3.8, 4) is 0 Å². The summed E-state index contributed by atoms with van der Waals surface area (Å²) in [5.74, 6) is 0.157. The third-order valence-corrected chi connectivity index (χ3v) is 3.62. The molecule has 3 heterocycles. The van der Waals surface area contributed by atoms with Gasteiger partial charge in [-0.2, -0.15) is 0 Å². The molecule has 102 valence electrons. The first kappa shape index (κ1) is 12.8. The van der Waals surface area contributed by atoms with Crippen molar-refractivity contribution in [2.45, 2.75) is 26.3 Å². The van der Waals surface area contributed by atoms with Crippen LogP contribution in [0.25, 0.3) is 0 Å². The summed E-state index contributed by atoms with van der Waals surface area (Å²) in [5.41, 5.74) is 4.31. The van der Waals surface area contributed by atoms with Gasteiger partial charge in [0.2, 0.25) is 5.91 Å². The zero-order valence-corrected chi connectivity index (χ0v) is 11.5. The fraction of sp³-hybridized carbons (Fsp3) is 0.312. The summed E-state index contributed by atoms with van der Waals surface area (Å²) in [7, 11) is 0. The van der Waals surface area contributed by atoms with Gasteiger partial charge in [-0.3, -0.25) is 14.8 Å². The Hall–Kier alpha value is -2.23. The van der Waals surface area contributed by atoms with E-state index in [1.165, 1.54) is 5.56 Å². The van der Waals surface area contributed by atoms with Crippen molar-refractivity contribution in [3.63, 3.8) is 0 Å². The number of hydrogen-bond donors (Lipinski definition) is 0. The molecule has 0 radical (unpaired) electrons. The van der Waals surface area contributed by atoms with Gasteiger partial charge in [0.1, 0.15) is 0 Å². The van der Waals surface area contributed by atoms with Crippen LogP contribution >= 0.6 is 0 Å². The van der Waals surface area contributed by atoms with Crippen LogP contribution in [0.1, 0.15) is 22.5 Å². The molecule has 4 nitrogen and oxygen atoms in total. The Kier molecular flexibility index (Phi) is 3.46. The molecular weight excluding hydrogens is 250 g/mol. The third-order valence-electron chi connectivity index (χ3n) is 3.62. The molecule has 0 spiro atoms. The monoisotopic (exact) mass is 267 g/mol. The molecule has 0 N–H and O–H groups in total. The highest BCUT2D eigenvalue weighted by Gasteiger charge is 2.21. The van der Waals surface area contributed by atoms with Crippen LogP contribution in [0.2, 0.25) is 0 Å². The molecule has 0 aromatic carbocycles. The largest absolute Gasteiger partial charge is 0.338 e. The lowest BCUT2D eigenvalue weighted by Gasteiger charge is -2.28. The highest BCUT2D eigenvalue weighted by Crippen LogP contribution is 2.18. The Morgan fingerprint density at radius 1 is 1.35 bits per heavy atom. The van der Waals surface area contributed by atoms with E-state index in [0.717, 1.165) is 29.9 Å². The fourth-order valence-electron chi connectivity index (χ4n) is 2.53. The second kappa shape index (κ2) is 5.41. The van der Waals surface area contributed by atoms with Crippen LogP contribution < -0.4 is 0 Å². The maximum absolute atomic E-state index is 12.3. The lowest BCUT2D eigenvalue weighted by molar-refractivity contribution is -0.131. The van der Waals surface area contributed by atoms with Gasteiger partial charge in [0.15, 0.2) is 0 Å². The van der Waals surface area contributed by atoms with Gasteiger partial charge < -0.3 is 4.90 Å². The molecular formula is C16H17N3O. The normalized spacial score (nSPS) is 13.9. The van der Waals surface area contributed by atoms with Crippen molar-refractivity contribution in [1.82, 2.24) is 14.9 Å². The molecule has 2 aromatic heterocycles. The number of rotatable bonds is 2. The second-order valence-corrected chi connectivity index (χ2v) is 5.16. The summed E-state index contributed by atoms with van der Waals surface area (Å²) in [4.78, 5) is 22.8. The van der Waals surface area contributed by atoms with Crippen LogP contribution in [0.15, 0.2) is 36.7 Å². The highest BCUT2D eigenvalue weighted by atomic mass is 16.2. The average molecular weight is 267 g/mol. The summed E-state index contributed by atoms with van der Waals surface area (Å²) in [6.45, 7) is 3.42.